The summed E-state index contributed by atoms with van der Waals surface area (Å²) < 4.78 is 0. The van der Waals surface area contributed by atoms with Crippen LogP contribution in [0.4, 0.5) is 0 Å². The number of hydrogen-bond acceptors (Lipinski definition) is 2. The Kier molecular flexibility index (Phi) is 5.07. The molecule has 2 nitrogen and oxygen atoms in total. The third-order valence-electron chi connectivity index (χ3n) is 3.82. The summed E-state index contributed by atoms with van der Waals surface area (Å²) in [6.45, 7) is 13.6. The Bertz CT molecular complexity index is 173. The minimum absolute atomic E-state index is 0.725. The maximum Gasteiger partial charge on any atom is 0.00785 e. The molecule has 1 aliphatic heterocycles. The fourth-order valence-electron chi connectivity index (χ4n) is 3.05. The van der Waals surface area contributed by atoms with Crippen molar-refractivity contribution in [3.63, 3.8) is 0 Å². The first-order valence-corrected chi connectivity index (χ1v) is 6.74. The Morgan fingerprint density at radius 3 is 2.40 bits per heavy atom. The van der Waals surface area contributed by atoms with Gasteiger partial charge in [-0.1, -0.05) is 27.7 Å². The quantitative estimate of drug-likeness (QED) is 0.773. The molecular weight excluding hydrogens is 184 g/mol. The molecule has 0 aromatic rings. The largest absolute Gasteiger partial charge is 0.314 e. The summed E-state index contributed by atoms with van der Waals surface area (Å²) in [4.78, 5) is 2.60. The lowest BCUT2D eigenvalue weighted by Crippen LogP contribution is -2.50. The van der Waals surface area contributed by atoms with Crippen molar-refractivity contribution in [3.8, 4) is 0 Å². The van der Waals surface area contributed by atoms with Crippen molar-refractivity contribution in [2.75, 3.05) is 26.2 Å². The average molecular weight is 212 g/mol. The fraction of sp³-hybridized carbons (Fsp3) is 1.00. The maximum absolute atomic E-state index is 3.55. The van der Waals surface area contributed by atoms with E-state index in [1.54, 1.807) is 0 Å². The first-order chi connectivity index (χ1) is 7.28. The van der Waals surface area contributed by atoms with Crippen LogP contribution in [0.3, 0.4) is 0 Å². The molecule has 2 heteroatoms. The molecule has 1 aliphatic carbocycles. The highest BCUT2D eigenvalue weighted by molar-refractivity contribution is 5.02. The standard InChI is InChI=1S/C11H22N2.C2H6/c1-3-12-10-7-11(8-10)5-6-13(4-2)9-11;1-2/h10,12H,3-9H2,1-2H3;1-2H3. The van der Waals surface area contributed by atoms with E-state index in [4.69, 9.17) is 0 Å². The van der Waals surface area contributed by atoms with Crippen LogP contribution in [0.2, 0.25) is 0 Å². The SMILES string of the molecule is CC.CCNC1CC2(CCN(CC)C2)C1. The minimum atomic E-state index is 0.725. The molecule has 2 fully saturated rings. The van der Waals surface area contributed by atoms with E-state index < -0.39 is 0 Å². The van der Waals surface area contributed by atoms with Crippen molar-refractivity contribution in [2.24, 2.45) is 5.41 Å². The molecular formula is C13H28N2. The summed E-state index contributed by atoms with van der Waals surface area (Å²) in [5.41, 5.74) is 0.725. The van der Waals surface area contributed by atoms with Crippen molar-refractivity contribution < 1.29 is 0 Å². The van der Waals surface area contributed by atoms with Crippen LogP contribution in [0.25, 0.3) is 0 Å². The number of rotatable bonds is 3. The molecule has 0 aromatic heterocycles. The van der Waals surface area contributed by atoms with Crippen LogP contribution in [-0.2, 0) is 0 Å². The smallest absolute Gasteiger partial charge is 0.00785 e. The molecule has 2 aliphatic rings. The van der Waals surface area contributed by atoms with Crippen LogP contribution in [0, 0.1) is 5.41 Å². The second-order valence-corrected chi connectivity index (χ2v) is 4.78. The van der Waals surface area contributed by atoms with Gasteiger partial charge in [0.05, 0.1) is 0 Å². The molecule has 15 heavy (non-hydrogen) atoms. The maximum atomic E-state index is 3.55. The van der Waals surface area contributed by atoms with E-state index in [9.17, 15) is 0 Å². The van der Waals surface area contributed by atoms with E-state index in [-0.39, 0.29) is 0 Å². The van der Waals surface area contributed by atoms with E-state index >= 15 is 0 Å². The lowest BCUT2D eigenvalue weighted by atomic mass is 9.65. The van der Waals surface area contributed by atoms with E-state index in [0.717, 1.165) is 18.0 Å². The Morgan fingerprint density at radius 2 is 1.93 bits per heavy atom. The first kappa shape index (κ1) is 13.0. The molecule has 0 atom stereocenters. The number of hydrogen-bond donors (Lipinski definition) is 1. The van der Waals surface area contributed by atoms with E-state index in [0.29, 0.717) is 0 Å². The van der Waals surface area contributed by atoms with Crippen LogP contribution >= 0.6 is 0 Å². The molecule has 2 rings (SSSR count). The zero-order valence-corrected chi connectivity index (χ0v) is 11.0. The zero-order chi connectivity index (χ0) is 11.3. The molecule has 0 radical (unpaired) electrons. The van der Waals surface area contributed by atoms with Gasteiger partial charge < -0.3 is 10.2 Å². The van der Waals surface area contributed by atoms with Gasteiger partial charge in [-0.25, -0.2) is 0 Å². The van der Waals surface area contributed by atoms with Gasteiger partial charge >= 0.3 is 0 Å². The van der Waals surface area contributed by atoms with Gasteiger partial charge in [0.2, 0.25) is 0 Å². The summed E-state index contributed by atoms with van der Waals surface area (Å²) >= 11 is 0. The van der Waals surface area contributed by atoms with Gasteiger partial charge in [-0.05, 0) is 44.3 Å². The van der Waals surface area contributed by atoms with Gasteiger partial charge in [0.15, 0.2) is 0 Å². The van der Waals surface area contributed by atoms with E-state index in [1.165, 1.54) is 38.9 Å². The summed E-state index contributed by atoms with van der Waals surface area (Å²) in [7, 11) is 0. The molecule has 1 spiro atoms. The molecule has 0 amide bonds. The van der Waals surface area contributed by atoms with Gasteiger partial charge in [0, 0.05) is 12.6 Å². The zero-order valence-electron chi connectivity index (χ0n) is 11.0. The Hall–Kier alpha value is -0.0800. The Morgan fingerprint density at radius 1 is 1.27 bits per heavy atom. The lowest BCUT2D eigenvalue weighted by molar-refractivity contribution is 0.0917. The van der Waals surface area contributed by atoms with Crippen LogP contribution in [-0.4, -0.2) is 37.1 Å². The second-order valence-electron chi connectivity index (χ2n) is 4.78. The van der Waals surface area contributed by atoms with Gasteiger partial charge in [-0.2, -0.15) is 0 Å². The van der Waals surface area contributed by atoms with Gasteiger partial charge in [-0.15, -0.1) is 0 Å². The van der Waals surface area contributed by atoms with Crippen molar-refractivity contribution in [3.05, 3.63) is 0 Å². The highest BCUT2D eigenvalue weighted by Gasteiger charge is 2.47. The van der Waals surface area contributed by atoms with Crippen LogP contribution < -0.4 is 5.32 Å². The lowest BCUT2D eigenvalue weighted by Gasteiger charge is -2.45. The topological polar surface area (TPSA) is 15.3 Å². The predicted molar refractivity (Wildman–Crippen MR) is 67.2 cm³/mol. The number of nitrogens with one attached hydrogen (secondary N) is 1. The summed E-state index contributed by atoms with van der Waals surface area (Å²) in [5, 5.41) is 3.55. The van der Waals surface area contributed by atoms with E-state index in [1.807, 2.05) is 13.8 Å². The molecule has 0 unspecified atom stereocenters. The monoisotopic (exact) mass is 212 g/mol. The fourth-order valence-corrected chi connectivity index (χ4v) is 3.05. The molecule has 1 heterocycles. The van der Waals surface area contributed by atoms with Gasteiger partial charge in [-0.3, -0.25) is 0 Å². The normalized spacial score (nSPS) is 34.8. The van der Waals surface area contributed by atoms with Gasteiger partial charge in [0.25, 0.3) is 0 Å². The van der Waals surface area contributed by atoms with Crippen molar-refractivity contribution in [1.29, 1.82) is 0 Å². The highest BCUT2D eigenvalue weighted by atomic mass is 15.2. The molecule has 0 aromatic carbocycles. The Balaban J connectivity index is 0.000000531. The summed E-state index contributed by atoms with van der Waals surface area (Å²) in [6.07, 6.45) is 4.30. The third kappa shape index (κ3) is 2.94. The Labute approximate surface area is 95.4 Å². The van der Waals surface area contributed by atoms with Crippen molar-refractivity contribution in [1.82, 2.24) is 10.2 Å². The molecule has 90 valence electrons. The second kappa shape index (κ2) is 5.86. The van der Waals surface area contributed by atoms with Crippen LogP contribution in [0.5, 0.6) is 0 Å². The molecule has 1 saturated heterocycles. The molecule has 1 N–H and O–H groups in total. The van der Waals surface area contributed by atoms with E-state index in [2.05, 4.69) is 24.1 Å². The highest BCUT2D eigenvalue weighted by Crippen LogP contribution is 2.47. The predicted octanol–water partition coefficient (Wildman–Crippen LogP) is 2.50. The van der Waals surface area contributed by atoms with Crippen molar-refractivity contribution >= 4 is 0 Å². The molecule has 0 bridgehead atoms. The summed E-state index contributed by atoms with van der Waals surface area (Å²) in [6, 6.07) is 0.835. The van der Waals surface area contributed by atoms with Gasteiger partial charge in [0.1, 0.15) is 0 Å². The summed E-state index contributed by atoms with van der Waals surface area (Å²) in [5.74, 6) is 0. The van der Waals surface area contributed by atoms with Crippen LogP contribution in [0.15, 0.2) is 0 Å². The molecule has 1 saturated carbocycles. The first-order valence-electron chi connectivity index (χ1n) is 6.74. The number of nitrogens with zero attached hydrogens (tertiary/aromatic N) is 1. The van der Waals surface area contributed by atoms with Crippen LogP contribution in [0.1, 0.15) is 47.0 Å². The average Bonchev–Trinajstić information content (AvgIpc) is 2.65. The minimum Gasteiger partial charge on any atom is -0.314 e. The van der Waals surface area contributed by atoms with Crippen molar-refractivity contribution in [2.45, 2.75) is 53.0 Å². The number of likely N-dealkylation sites (tertiary alicyclic amines) is 1. The third-order valence-corrected chi connectivity index (χ3v) is 3.82.